The average molecular weight is 375 g/mol. The number of hydrogen-bond acceptors (Lipinski definition) is 3. The van der Waals surface area contributed by atoms with Crippen molar-refractivity contribution in [3.8, 4) is 0 Å². The highest BCUT2D eigenvalue weighted by Crippen LogP contribution is 2.12. The highest BCUT2D eigenvalue weighted by atomic mass is 32.1. The molecule has 0 saturated heterocycles. The molecule has 0 fully saturated rings. The lowest BCUT2D eigenvalue weighted by molar-refractivity contribution is -0.141. The van der Waals surface area contributed by atoms with Gasteiger partial charge >= 0.3 is 5.97 Å². The van der Waals surface area contributed by atoms with Gasteiger partial charge in [-0.15, -0.1) is 0 Å². The van der Waals surface area contributed by atoms with E-state index in [0.29, 0.717) is 6.61 Å². The Kier molecular flexibility index (Phi) is 28.2. The monoisotopic (exact) mass is 374 g/mol. The van der Waals surface area contributed by atoms with Crippen LogP contribution in [0.15, 0.2) is 0 Å². The van der Waals surface area contributed by atoms with E-state index in [2.05, 4.69) is 31.2 Å². The lowest BCUT2D eigenvalue weighted by Gasteiger charge is -2.02. The molecule has 0 amide bonds. The lowest BCUT2D eigenvalue weighted by atomic mass is 10.0. The zero-order valence-electron chi connectivity index (χ0n) is 17.5. The summed E-state index contributed by atoms with van der Waals surface area (Å²) in [6.45, 7) is 6.35. The zero-order chi connectivity index (χ0) is 19.0. The van der Waals surface area contributed by atoms with E-state index in [9.17, 15) is 4.79 Å². The van der Waals surface area contributed by atoms with E-state index in [1.807, 2.05) is 0 Å². The molecule has 0 unspecified atom stereocenters. The Hall–Kier alpha value is -0.180. The maximum Gasteiger partial charge on any atom is 0.302 e. The molecular formula is C22H46O2S. The number of carbonyl (C=O) groups excluding carboxylic acids is 1. The number of esters is 1. The van der Waals surface area contributed by atoms with Crippen LogP contribution in [0.1, 0.15) is 124 Å². The Balaban J connectivity index is 0. The SMILES string of the molecule is CCCCCCCCCCCCCCCCS.CCCCOC(C)=O. The van der Waals surface area contributed by atoms with Crippen molar-refractivity contribution in [3.05, 3.63) is 0 Å². The minimum absolute atomic E-state index is 0.182. The van der Waals surface area contributed by atoms with E-state index in [-0.39, 0.29) is 5.97 Å². The molecule has 3 heteroatoms. The predicted molar refractivity (Wildman–Crippen MR) is 116 cm³/mol. The van der Waals surface area contributed by atoms with E-state index < -0.39 is 0 Å². The number of rotatable bonds is 17. The van der Waals surface area contributed by atoms with Crippen LogP contribution in [0.2, 0.25) is 0 Å². The Morgan fingerprint density at radius 2 is 1.00 bits per heavy atom. The highest BCUT2D eigenvalue weighted by molar-refractivity contribution is 7.80. The molecule has 2 nitrogen and oxygen atoms in total. The van der Waals surface area contributed by atoms with Crippen LogP contribution >= 0.6 is 12.6 Å². The van der Waals surface area contributed by atoms with Crippen molar-refractivity contribution in [2.24, 2.45) is 0 Å². The number of thiol groups is 1. The Labute approximate surface area is 164 Å². The number of carbonyl (C=O) groups is 1. The average Bonchev–Trinajstić information content (AvgIpc) is 2.59. The minimum atomic E-state index is -0.182. The van der Waals surface area contributed by atoms with Gasteiger partial charge in [-0.05, 0) is 18.6 Å². The van der Waals surface area contributed by atoms with E-state index in [1.165, 1.54) is 96.8 Å². The third kappa shape index (κ3) is 32.0. The third-order valence-electron chi connectivity index (χ3n) is 4.31. The van der Waals surface area contributed by atoms with Crippen molar-refractivity contribution in [1.29, 1.82) is 0 Å². The molecule has 0 aromatic carbocycles. The van der Waals surface area contributed by atoms with Crippen LogP contribution in [0.25, 0.3) is 0 Å². The first-order valence-electron chi connectivity index (χ1n) is 10.9. The molecule has 0 bridgehead atoms. The van der Waals surface area contributed by atoms with Gasteiger partial charge in [-0.25, -0.2) is 0 Å². The molecule has 25 heavy (non-hydrogen) atoms. The van der Waals surface area contributed by atoms with Crippen molar-refractivity contribution in [1.82, 2.24) is 0 Å². The summed E-state index contributed by atoms with van der Waals surface area (Å²) >= 11 is 4.23. The topological polar surface area (TPSA) is 26.3 Å². The molecule has 0 aromatic rings. The third-order valence-corrected chi connectivity index (χ3v) is 4.63. The zero-order valence-corrected chi connectivity index (χ0v) is 18.4. The van der Waals surface area contributed by atoms with Gasteiger partial charge in [-0.1, -0.05) is 104 Å². The summed E-state index contributed by atoms with van der Waals surface area (Å²) in [6.07, 6.45) is 22.2. The van der Waals surface area contributed by atoms with E-state index in [4.69, 9.17) is 0 Å². The van der Waals surface area contributed by atoms with Crippen LogP contribution in [-0.2, 0) is 9.53 Å². The van der Waals surface area contributed by atoms with Gasteiger partial charge in [-0.3, -0.25) is 4.79 Å². The summed E-state index contributed by atoms with van der Waals surface area (Å²) in [5, 5.41) is 0. The van der Waals surface area contributed by atoms with Crippen LogP contribution in [0.3, 0.4) is 0 Å². The van der Waals surface area contributed by atoms with Gasteiger partial charge in [0.2, 0.25) is 0 Å². The van der Waals surface area contributed by atoms with Crippen molar-refractivity contribution >= 4 is 18.6 Å². The van der Waals surface area contributed by atoms with Gasteiger partial charge in [0, 0.05) is 6.92 Å². The van der Waals surface area contributed by atoms with Crippen molar-refractivity contribution in [3.63, 3.8) is 0 Å². The van der Waals surface area contributed by atoms with Gasteiger partial charge in [0.05, 0.1) is 6.61 Å². The first-order valence-corrected chi connectivity index (χ1v) is 11.6. The van der Waals surface area contributed by atoms with Gasteiger partial charge in [0.25, 0.3) is 0 Å². The molecule has 0 rings (SSSR count). The van der Waals surface area contributed by atoms with Crippen molar-refractivity contribution < 1.29 is 9.53 Å². The Bertz CT molecular complexity index is 230. The summed E-state index contributed by atoms with van der Waals surface area (Å²) in [7, 11) is 0. The van der Waals surface area contributed by atoms with Crippen molar-refractivity contribution in [2.45, 2.75) is 124 Å². The fraction of sp³-hybridized carbons (Fsp3) is 0.955. The Morgan fingerprint density at radius 1 is 0.640 bits per heavy atom. The molecule has 0 saturated carbocycles. The number of hydrogen-bond donors (Lipinski definition) is 1. The standard InChI is InChI=1S/C16H34S.C6H12O2/c1-2-3-4-5-6-7-8-9-10-11-12-13-14-15-16-17;1-3-4-5-8-6(2)7/h17H,2-16H2,1H3;3-5H2,1-2H3. The lowest BCUT2D eigenvalue weighted by Crippen LogP contribution is -1.99. The molecule has 0 atom stereocenters. The fourth-order valence-electron chi connectivity index (χ4n) is 2.67. The molecule has 0 aliphatic heterocycles. The van der Waals surface area contributed by atoms with Crippen LogP contribution in [0.5, 0.6) is 0 Å². The Morgan fingerprint density at radius 3 is 1.32 bits per heavy atom. The summed E-state index contributed by atoms with van der Waals surface area (Å²) in [4.78, 5) is 10.1. The van der Waals surface area contributed by atoms with Gasteiger partial charge in [-0.2, -0.15) is 12.6 Å². The highest BCUT2D eigenvalue weighted by Gasteiger charge is 1.93. The second kappa shape index (κ2) is 26.1. The van der Waals surface area contributed by atoms with Gasteiger partial charge in [0.1, 0.15) is 0 Å². The second-order valence-corrected chi connectivity index (χ2v) is 7.46. The quantitative estimate of drug-likeness (QED) is 0.160. The molecular weight excluding hydrogens is 328 g/mol. The molecule has 152 valence electrons. The smallest absolute Gasteiger partial charge is 0.302 e. The summed E-state index contributed by atoms with van der Waals surface area (Å²) in [5.74, 6) is 0.886. The minimum Gasteiger partial charge on any atom is -0.466 e. The first kappa shape index (κ1) is 27.0. The van der Waals surface area contributed by atoms with E-state index in [0.717, 1.165) is 18.6 Å². The molecule has 0 aliphatic rings. The van der Waals surface area contributed by atoms with Crippen LogP contribution in [0, 0.1) is 0 Å². The van der Waals surface area contributed by atoms with E-state index in [1.54, 1.807) is 0 Å². The fourth-order valence-corrected chi connectivity index (χ4v) is 2.89. The summed E-state index contributed by atoms with van der Waals surface area (Å²) in [6, 6.07) is 0. The largest absolute Gasteiger partial charge is 0.466 e. The van der Waals surface area contributed by atoms with E-state index >= 15 is 0 Å². The molecule has 0 heterocycles. The maximum atomic E-state index is 10.1. The van der Waals surface area contributed by atoms with Gasteiger partial charge < -0.3 is 4.74 Å². The maximum absolute atomic E-state index is 10.1. The summed E-state index contributed by atoms with van der Waals surface area (Å²) < 4.78 is 4.64. The first-order chi connectivity index (χ1) is 12.2. The molecule has 0 aliphatic carbocycles. The second-order valence-electron chi connectivity index (χ2n) is 7.01. The number of unbranched alkanes of at least 4 members (excludes halogenated alkanes) is 14. The van der Waals surface area contributed by atoms with Crippen LogP contribution in [-0.4, -0.2) is 18.3 Å². The van der Waals surface area contributed by atoms with Crippen molar-refractivity contribution in [2.75, 3.05) is 12.4 Å². The molecule has 0 N–H and O–H groups in total. The molecule has 0 radical (unpaired) electrons. The molecule has 0 spiro atoms. The van der Waals surface area contributed by atoms with Crippen LogP contribution in [0.4, 0.5) is 0 Å². The van der Waals surface area contributed by atoms with Crippen LogP contribution < -0.4 is 0 Å². The molecule has 0 aromatic heterocycles. The van der Waals surface area contributed by atoms with Gasteiger partial charge in [0.15, 0.2) is 0 Å². The predicted octanol–water partition coefficient (Wildman–Crippen LogP) is 7.75. The number of ether oxygens (including phenoxy) is 1. The normalized spacial score (nSPS) is 10.2. The summed E-state index contributed by atoms with van der Waals surface area (Å²) in [5.41, 5.74) is 0.